The van der Waals surface area contributed by atoms with Crippen LogP contribution in [0.1, 0.15) is 79.1 Å². The first-order chi connectivity index (χ1) is 8.47. The summed E-state index contributed by atoms with van der Waals surface area (Å²) in [6.45, 7) is 10.1. The highest BCUT2D eigenvalue weighted by Gasteiger charge is 2.12. The summed E-state index contributed by atoms with van der Waals surface area (Å²) in [7, 11) is 0. The summed E-state index contributed by atoms with van der Waals surface area (Å²) in [5, 5.41) is 3.54. The highest BCUT2D eigenvalue weighted by molar-refractivity contribution is 4.98. The number of nitrogens with one attached hydrogen (secondary N) is 1. The van der Waals surface area contributed by atoms with Gasteiger partial charge in [0.25, 0.3) is 0 Å². The Hall–Kier alpha value is -0.300. The van der Waals surface area contributed by atoms with Crippen molar-refractivity contribution in [3.05, 3.63) is 11.6 Å². The van der Waals surface area contributed by atoms with Gasteiger partial charge in [-0.05, 0) is 59.4 Å². The lowest BCUT2D eigenvalue weighted by Gasteiger charge is -2.21. The Kier molecular flexibility index (Phi) is 6.99. The topological polar surface area (TPSA) is 12.0 Å². The molecule has 1 aliphatic rings. The van der Waals surface area contributed by atoms with E-state index in [-0.39, 0.29) is 5.54 Å². The molecule has 106 valence electrons. The lowest BCUT2D eigenvalue weighted by atomic mass is 9.85. The van der Waals surface area contributed by atoms with Gasteiger partial charge in [0.2, 0.25) is 0 Å². The van der Waals surface area contributed by atoms with Crippen molar-refractivity contribution < 1.29 is 0 Å². The minimum atomic E-state index is 0.254. The van der Waals surface area contributed by atoms with E-state index in [1.807, 2.05) is 0 Å². The molecule has 1 N–H and O–H groups in total. The van der Waals surface area contributed by atoms with Gasteiger partial charge in [-0.1, -0.05) is 43.8 Å². The van der Waals surface area contributed by atoms with E-state index in [4.69, 9.17) is 0 Å². The summed E-state index contributed by atoms with van der Waals surface area (Å²) in [6.07, 6.45) is 13.7. The molecule has 0 atom stereocenters. The predicted molar refractivity (Wildman–Crippen MR) is 81.9 cm³/mol. The van der Waals surface area contributed by atoms with Crippen LogP contribution in [0, 0.1) is 5.92 Å². The maximum atomic E-state index is 3.54. The normalized spacial score (nSPS) is 19.2. The largest absolute Gasteiger partial charge is 0.312 e. The molecule has 1 fully saturated rings. The van der Waals surface area contributed by atoms with E-state index in [9.17, 15) is 0 Å². The van der Waals surface area contributed by atoms with Gasteiger partial charge in [-0.2, -0.15) is 0 Å². The third-order valence-electron chi connectivity index (χ3n) is 3.96. The molecule has 0 unspecified atom stereocenters. The molecule has 1 saturated carbocycles. The van der Waals surface area contributed by atoms with E-state index in [0.717, 1.165) is 12.5 Å². The highest BCUT2D eigenvalue weighted by Crippen LogP contribution is 2.28. The number of allylic oxidation sites excluding steroid dienone is 1. The maximum Gasteiger partial charge on any atom is 0.00966 e. The summed E-state index contributed by atoms with van der Waals surface area (Å²) in [5.74, 6) is 1.02. The SMILES string of the molecule is CC(=CCCNC(C)(C)C)CCC1CCCCC1. The second kappa shape index (κ2) is 7.99. The molecule has 1 rings (SSSR count). The molecule has 0 aromatic rings. The van der Waals surface area contributed by atoms with Gasteiger partial charge in [-0.25, -0.2) is 0 Å². The van der Waals surface area contributed by atoms with Gasteiger partial charge in [0.05, 0.1) is 0 Å². The van der Waals surface area contributed by atoms with Crippen LogP contribution in [-0.4, -0.2) is 12.1 Å². The summed E-state index contributed by atoms with van der Waals surface area (Å²) in [4.78, 5) is 0. The maximum absolute atomic E-state index is 3.54. The summed E-state index contributed by atoms with van der Waals surface area (Å²) < 4.78 is 0. The van der Waals surface area contributed by atoms with Gasteiger partial charge in [0, 0.05) is 5.54 Å². The molecule has 18 heavy (non-hydrogen) atoms. The standard InChI is InChI=1S/C17H33N/c1-15(9-8-14-18-17(2,3)4)12-13-16-10-6-5-7-11-16/h9,16,18H,5-8,10-14H2,1-4H3. The first kappa shape index (κ1) is 15.8. The molecule has 0 aromatic carbocycles. The second-order valence-corrected chi connectivity index (χ2v) is 7.06. The van der Waals surface area contributed by atoms with Crippen molar-refractivity contribution in [3.8, 4) is 0 Å². The Morgan fingerprint density at radius 2 is 1.83 bits per heavy atom. The van der Waals surface area contributed by atoms with Gasteiger partial charge >= 0.3 is 0 Å². The third-order valence-corrected chi connectivity index (χ3v) is 3.96. The average molecular weight is 251 g/mol. The number of hydrogen-bond donors (Lipinski definition) is 1. The lowest BCUT2D eigenvalue weighted by molar-refractivity contribution is 0.339. The Balaban J connectivity index is 2.09. The van der Waals surface area contributed by atoms with Crippen LogP contribution in [0.15, 0.2) is 11.6 Å². The Bertz CT molecular complexity index is 241. The summed E-state index contributed by atoms with van der Waals surface area (Å²) >= 11 is 0. The van der Waals surface area contributed by atoms with Crippen molar-refractivity contribution in [2.24, 2.45) is 5.92 Å². The van der Waals surface area contributed by atoms with Gasteiger partial charge in [0.15, 0.2) is 0 Å². The predicted octanol–water partition coefficient (Wildman–Crippen LogP) is 5.07. The molecule has 0 aromatic heterocycles. The fourth-order valence-electron chi connectivity index (χ4n) is 2.78. The summed E-state index contributed by atoms with van der Waals surface area (Å²) in [5.41, 5.74) is 1.85. The highest BCUT2D eigenvalue weighted by atomic mass is 14.9. The van der Waals surface area contributed by atoms with Crippen molar-refractivity contribution in [3.63, 3.8) is 0 Å². The van der Waals surface area contributed by atoms with Crippen LogP contribution in [0.2, 0.25) is 0 Å². The quantitative estimate of drug-likeness (QED) is 0.513. The number of rotatable bonds is 6. The molecule has 1 heteroatoms. The van der Waals surface area contributed by atoms with Crippen LogP contribution >= 0.6 is 0 Å². The first-order valence-electron chi connectivity index (χ1n) is 7.88. The van der Waals surface area contributed by atoms with E-state index >= 15 is 0 Å². The molecule has 1 nitrogen and oxygen atoms in total. The van der Waals surface area contributed by atoms with Gasteiger partial charge in [0.1, 0.15) is 0 Å². The minimum Gasteiger partial charge on any atom is -0.312 e. The molecule has 0 radical (unpaired) electrons. The fraction of sp³-hybridized carbons (Fsp3) is 0.882. The molecule has 0 heterocycles. The zero-order valence-corrected chi connectivity index (χ0v) is 13.0. The third kappa shape index (κ3) is 7.92. The molecule has 0 saturated heterocycles. The first-order valence-corrected chi connectivity index (χ1v) is 7.88. The van der Waals surface area contributed by atoms with Crippen molar-refractivity contribution in [1.29, 1.82) is 0 Å². The van der Waals surface area contributed by atoms with Gasteiger partial charge < -0.3 is 5.32 Å². The Morgan fingerprint density at radius 1 is 1.17 bits per heavy atom. The van der Waals surface area contributed by atoms with Crippen molar-refractivity contribution in [1.82, 2.24) is 5.32 Å². The summed E-state index contributed by atoms with van der Waals surface area (Å²) in [6, 6.07) is 0. The molecule has 1 aliphatic carbocycles. The fourth-order valence-corrected chi connectivity index (χ4v) is 2.78. The van der Waals surface area contributed by atoms with Crippen molar-refractivity contribution in [2.75, 3.05) is 6.54 Å². The van der Waals surface area contributed by atoms with Crippen LogP contribution in [0.4, 0.5) is 0 Å². The van der Waals surface area contributed by atoms with Crippen molar-refractivity contribution in [2.45, 2.75) is 84.6 Å². The van der Waals surface area contributed by atoms with E-state index in [1.54, 1.807) is 5.57 Å². The Labute approximate surface area is 114 Å². The number of hydrogen-bond acceptors (Lipinski definition) is 1. The Morgan fingerprint density at radius 3 is 2.44 bits per heavy atom. The van der Waals surface area contributed by atoms with Gasteiger partial charge in [-0.15, -0.1) is 0 Å². The van der Waals surface area contributed by atoms with Crippen LogP contribution in [-0.2, 0) is 0 Å². The van der Waals surface area contributed by atoms with Crippen LogP contribution in [0.3, 0.4) is 0 Å². The average Bonchev–Trinajstić information content (AvgIpc) is 2.32. The lowest BCUT2D eigenvalue weighted by Crippen LogP contribution is -2.36. The van der Waals surface area contributed by atoms with Crippen LogP contribution in [0.25, 0.3) is 0 Å². The zero-order valence-electron chi connectivity index (χ0n) is 13.0. The van der Waals surface area contributed by atoms with E-state index in [2.05, 4.69) is 39.1 Å². The molecule has 0 aliphatic heterocycles. The van der Waals surface area contributed by atoms with E-state index < -0.39 is 0 Å². The molecule has 0 spiro atoms. The monoisotopic (exact) mass is 251 g/mol. The molecule has 0 bridgehead atoms. The van der Waals surface area contributed by atoms with Crippen LogP contribution < -0.4 is 5.32 Å². The van der Waals surface area contributed by atoms with E-state index in [1.165, 1.54) is 51.4 Å². The second-order valence-electron chi connectivity index (χ2n) is 7.06. The van der Waals surface area contributed by atoms with Gasteiger partial charge in [-0.3, -0.25) is 0 Å². The van der Waals surface area contributed by atoms with Crippen molar-refractivity contribution >= 4 is 0 Å². The van der Waals surface area contributed by atoms with Crippen LogP contribution in [0.5, 0.6) is 0 Å². The molecular formula is C17H33N. The molecular weight excluding hydrogens is 218 g/mol. The smallest absolute Gasteiger partial charge is 0.00966 e. The van der Waals surface area contributed by atoms with E-state index in [0.29, 0.717) is 0 Å². The zero-order chi connectivity index (χ0) is 13.4. The minimum absolute atomic E-state index is 0.254. The molecule has 0 amide bonds.